The highest BCUT2D eigenvalue weighted by molar-refractivity contribution is 6.30. The first-order valence-electron chi connectivity index (χ1n) is 13.9. The molecule has 226 valence electrons. The van der Waals surface area contributed by atoms with Gasteiger partial charge in [0.25, 0.3) is 5.56 Å². The lowest BCUT2D eigenvalue weighted by Crippen LogP contribution is -2.55. The Morgan fingerprint density at radius 1 is 0.930 bits per heavy atom. The summed E-state index contributed by atoms with van der Waals surface area (Å²) in [4.78, 5) is 37.1. The van der Waals surface area contributed by atoms with Crippen LogP contribution in [0.15, 0.2) is 65.5 Å². The van der Waals surface area contributed by atoms with Gasteiger partial charge < -0.3 is 29.4 Å². The van der Waals surface area contributed by atoms with E-state index in [4.69, 9.17) is 30.8 Å². The number of amides is 2. The molecule has 1 aromatic heterocycles. The number of hydrogen-bond donors (Lipinski definition) is 1. The SMILES string of the molecule is COc1ccc(N(C(=O)Nc2ccc(Cl)cc2)C(C)c2nc3ccc(OC)cc3c(=O)n2N2CCN(C)CC2)c(OC)c1. The number of hydrogen-bond acceptors (Lipinski definition) is 8. The predicted molar refractivity (Wildman–Crippen MR) is 169 cm³/mol. The molecule has 5 rings (SSSR count). The molecule has 1 fully saturated rings. The second-order valence-corrected chi connectivity index (χ2v) is 10.7. The van der Waals surface area contributed by atoms with Crippen molar-refractivity contribution in [3.05, 3.63) is 81.9 Å². The molecule has 2 amide bonds. The Labute approximate surface area is 255 Å². The number of nitrogens with one attached hydrogen (secondary N) is 1. The smallest absolute Gasteiger partial charge is 0.327 e. The van der Waals surface area contributed by atoms with Crippen molar-refractivity contribution < 1.29 is 19.0 Å². The van der Waals surface area contributed by atoms with Crippen molar-refractivity contribution in [2.45, 2.75) is 13.0 Å². The molecular formula is C31H35ClN6O5. The zero-order chi connectivity index (χ0) is 30.7. The molecule has 1 saturated heterocycles. The minimum absolute atomic E-state index is 0.241. The van der Waals surface area contributed by atoms with Crippen molar-refractivity contribution in [1.29, 1.82) is 0 Å². The maximum atomic E-state index is 14.2. The van der Waals surface area contributed by atoms with Gasteiger partial charge in [-0.25, -0.2) is 14.5 Å². The summed E-state index contributed by atoms with van der Waals surface area (Å²) in [7, 11) is 6.69. The molecule has 0 spiro atoms. The van der Waals surface area contributed by atoms with Gasteiger partial charge in [0, 0.05) is 43.0 Å². The van der Waals surface area contributed by atoms with Gasteiger partial charge in [0.2, 0.25) is 0 Å². The summed E-state index contributed by atoms with van der Waals surface area (Å²) < 4.78 is 18.1. The number of rotatable bonds is 8. The summed E-state index contributed by atoms with van der Waals surface area (Å²) in [5.41, 5.74) is 1.28. The van der Waals surface area contributed by atoms with Gasteiger partial charge in [0.1, 0.15) is 17.2 Å². The lowest BCUT2D eigenvalue weighted by Gasteiger charge is -2.38. The van der Waals surface area contributed by atoms with E-state index in [1.807, 2.05) is 19.0 Å². The minimum atomic E-state index is -0.728. The number of ether oxygens (including phenoxy) is 3. The summed E-state index contributed by atoms with van der Waals surface area (Å²) in [5.74, 6) is 1.94. The third kappa shape index (κ3) is 6.18. The molecule has 2 heterocycles. The van der Waals surface area contributed by atoms with E-state index in [0.29, 0.717) is 63.5 Å². The molecule has 1 unspecified atom stereocenters. The maximum absolute atomic E-state index is 14.2. The second kappa shape index (κ2) is 12.8. The number of carbonyl (C=O) groups excluding carboxylic acids is 1. The van der Waals surface area contributed by atoms with Crippen LogP contribution in [-0.4, -0.2) is 75.1 Å². The monoisotopic (exact) mass is 606 g/mol. The van der Waals surface area contributed by atoms with E-state index < -0.39 is 12.1 Å². The van der Waals surface area contributed by atoms with E-state index in [9.17, 15) is 9.59 Å². The molecule has 0 saturated carbocycles. The summed E-state index contributed by atoms with van der Waals surface area (Å²) >= 11 is 6.08. The number of anilines is 2. The van der Waals surface area contributed by atoms with Gasteiger partial charge in [-0.15, -0.1) is 0 Å². The second-order valence-electron chi connectivity index (χ2n) is 10.2. The first-order chi connectivity index (χ1) is 20.7. The number of fused-ring (bicyclic) bond motifs is 1. The van der Waals surface area contributed by atoms with Crippen LogP contribution < -0.4 is 35.0 Å². The van der Waals surface area contributed by atoms with Gasteiger partial charge in [0.15, 0.2) is 5.82 Å². The van der Waals surface area contributed by atoms with Crippen LogP contribution in [0.4, 0.5) is 16.2 Å². The van der Waals surface area contributed by atoms with Crippen LogP contribution >= 0.6 is 11.6 Å². The van der Waals surface area contributed by atoms with E-state index in [1.54, 1.807) is 79.6 Å². The van der Waals surface area contributed by atoms with Crippen LogP contribution in [0.2, 0.25) is 5.02 Å². The fraction of sp³-hybridized carbons (Fsp3) is 0.323. The van der Waals surface area contributed by atoms with E-state index in [0.717, 1.165) is 13.1 Å². The Hall–Kier alpha value is -4.48. The van der Waals surface area contributed by atoms with Gasteiger partial charge in [-0.3, -0.25) is 9.69 Å². The van der Waals surface area contributed by atoms with Crippen molar-refractivity contribution in [3.63, 3.8) is 0 Å². The van der Waals surface area contributed by atoms with Gasteiger partial charge in [0.05, 0.1) is 44.0 Å². The average molecular weight is 607 g/mol. The summed E-state index contributed by atoms with van der Waals surface area (Å²) in [5, 5.41) is 5.92. The third-order valence-corrected chi connectivity index (χ3v) is 7.81. The van der Waals surface area contributed by atoms with Crippen molar-refractivity contribution in [2.75, 3.05) is 69.8 Å². The lowest BCUT2D eigenvalue weighted by molar-refractivity contribution is 0.253. The first-order valence-corrected chi connectivity index (χ1v) is 14.2. The maximum Gasteiger partial charge on any atom is 0.327 e. The first kappa shape index (κ1) is 30.0. The average Bonchev–Trinajstić information content (AvgIpc) is 3.02. The number of likely N-dealkylation sites (N-methyl/N-ethyl adjacent to an activating group) is 1. The number of benzene rings is 3. The number of piperazine rings is 1. The molecule has 3 aromatic carbocycles. The van der Waals surface area contributed by atoms with Gasteiger partial charge in [-0.2, -0.15) is 0 Å². The summed E-state index contributed by atoms with van der Waals surface area (Å²) in [6.07, 6.45) is 0. The number of urea groups is 1. The zero-order valence-electron chi connectivity index (χ0n) is 24.8. The van der Waals surface area contributed by atoms with Crippen LogP contribution in [0.3, 0.4) is 0 Å². The Morgan fingerprint density at radius 3 is 2.23 bits per heavy atom. The van der Waals surface area contributed by atoms with Crippen LogP contribution in [0.5, 0.6) is 17.2 Å². The highest BCUT2D eigenvalue weighted by Crippen LogP contribution is 2.37. The topological polar surface area (TPSA) is 101 Å². The van der Waals surface area contributed by atoms with Gasteiger partial charge in [-0.05, 0) is 68.6 Å². The van der Waals surface area contributed by atoms with E-state index >= 15 is 0 Å². The Morgan fingerprint density at radius 2 is 1.58 bits per heavy atom. The predicted octanol–water partition coefficient (Wildman–Crippen LogP) is 4.76. The van der Waals surface area contributed by atoms with Crippen molar-refractivity contribution >= 4 is 39.9 Å². The minimum Gasteiger partial charge on any atom is -0.497 e. The highest BCUT2D eigenvalue weighted by Gasteiger charge is 2.32. The van der Waals surface area contributed by atoms with Crippen molar-refractivity contribution in [3.8, 4) is 17.2 Å². The fourth-order valence-corrected chi connectivity index (χ4v) is 5.28. The Balaban J connectivity index is 1.69. The number of halogens is 1. The lowest BCUT2D eigenvalue weighted by atomic mass is 10.1. The molecule has 43 heavy (non-hydrogen) atoms. The molecule has 1 N–H and O–H groups in total. The summed E-state index contributed by atoms with van der Waals surface area (Å²) in [6.45, 7) is 4.59. The highest BCUT2D eigenvalue weighted by atomic mass is 35.5. The zero-order valence-corrected chi connectivity index (χ0v) is 25.6. The van der Waals surface area contributed by atoms with E-state index in [2.05, 4.69) is 10.2 Å². The molecule has 0 bridgehead atoms. The molecule has 11 nitrogen and oxygen atoms in total. The number of carbonyl (C=O) groups is 1. The normalized spacial score (nSPS) is 14.3. The van der Waals surface area contributed by atoms with Crippen LogP contribution in [0, 0.1) is 0 Å². The molecule has 0 radical (unpaired) electrons. The molecule has 12 heteroatoms. The Kier molecular flexibility index (Phi) is 8.93. The van der Waals surface area contributed by atoms with E-state index in [-0.39, 0.29) is 5.56 Å². The molecule has 4 aromatic rings. The van der Waals surface area contributed by atoms with Gasteiger partial charge in [-0.1, -0.05) is 11.6 Å². The van der Waals surface area contributed by atoms with Gasteiger partial charge >= 0.3 is 6.03 Å². The standard InChI is InChI=1S/C31H35ClN6O5/c1-20(29-34-26-12-10-23(41-3)18-25(26)30(39)38(29)36-16-14-35(2)15-17-36)37(27-13-11-24(42-4)19-28(27)43-5)31(40)33-22-8-6-21(32)7-9-22/h6-13,18-20H,14-17H2,1-5H3,(H,33,40). The number of aromatic nitrogens is 2. The third-order valence-electron chi connectivity index (χ3n) is 7.56. The van der Waals surface area contributed by atoms with Crippen LogP contribution in [-0.2, 0) is 0 Å². The largest absolute Gasteiger partial charge is 0.497 e. The fourth-order valence-electron chi connectivity index (χ4n) is 5.15. The van der Waals surface area contributed by atoms with E-state index in [1.165, 1.54) is 12.0 Å². The molecule has 1 aliphatic rings. The van der Waals surface area contributed by atoms with Crippen molar-refractivity contribution in [1.82, 2.24) is 14.6 Å². The van der Waals surface area contributed by atoms with Crippen molar-refractivity contribution in [2.24, 2.45) is 0 Å². The van der Waals surface area contributed by atoms with Crippen LogP contribution in [0.25, 0.3) is 10.9 Å². The van der Waals surface area contributed by atoms with Crippen LogP contribution in [0.1, 0.15) is 18.8 Å². The molecule has 1 atom stereocenters. The quantitative estimate of drug-likeness (QED) is 0.306. The molecule has 1 aliphatic heterocycles. The number of nitrogens with zero attached hydrogens (tertiary/aromatic N) is 5. The molecular weight excluding hydrogens is 572 g/mol. The summed E-state index contributed by atoms with van der Waals surface area (Å²) in [6, 6.07) is 16.1. The number of methoxy groups -OCH3 is 3. The molecule has 0 aliphatic carbocycles. The Bertz CT molecular complexity index is 1670.